The van der Waals surface area contributed by atoms with Gasteiger partial charge >= 0.3 is 0 Å². The maximum Gasteiger partial charge on any atom is 0.261 e. The van der Waals surface area contributed by atoms with E-state index in [0.29, 0.717) is 24.6 Å². The van der Waals surface area contributed by atoms with Gasteiger partial charge in [0.15, 0.2) is 0 Å². The SMILES string of the molecule is C=C(C)COCCNC(=O)c1cc(S)cs1. The quantitative estimate of drug-likeness (QED) is 0.466. The average molecular weight is 257 g/mol. The minimum absolute atomic E-state index is 0.0794. The van der Waals surface area contributed by atoms with E-state index in [1.54, 1.807) is 6.07 Å². The molecule has 0 aromatic carbocycles. The number of thiol groups is 1. The van der Waals surface area contributed by atoms with Gasteiger partial charge in [-0.2, -0.15) is 0 Å². The van der Waals surface area contributed by atoms with Gasteiger partial charge in [0.2, 0.25) is 0 Å². The molecule has 0 fully saturated rings. The first-order valence-corrected chi connectivity index (χ1v) is 6.20. The van der Waals surface area contributed by atoms with Crippen molar-refractivity contribution in [3.05, 3.63) is 28.5 Å². The Morgan fingerprint density at radius 3 is 3.00 bits per heavy atom. The third-order valence-electron chi connectivity index (χ3n) is 1.69. The van der Waals surface area contributed by atoms with Crippen LogP contribution < -0.4 is 5.32 Å². The number of carbonyl (C=O) groups excluding carboxylic acids is 1. The largest absolute Gasteiger partial charge is 0.375 e. The molecule has 1 N–H and O–H groups in total. The van der Waals surface area contributed by atoms with E-state index >= 15 is 0 Å². The molecule has 1 aromatic rings. The summed E-state index contributed by atoms with van der Waals surface area (Å²) in [5.74, 6) is -0.0794. The van der Waals surface area contributed by atoms with Crippen molar-refractivity contribution in [3.8, 4) is 0 Å². The average Bonchev–Trinajstić information content (AvgIpc) is 2.63. The highest BCUT2D eigenvalue weighted by Crippen LogP contribution is 2.17. The van der Waals surface area contributed by atoms with Crippen LogP contribution in [0.4, 0.5) is 0 Å². The van der Waals surface area contributed by atoms with Crippen molar-refractivity contribution in [1.82, 2.24) is 5.32 Å². The molecule has 88 valence electrons. The third kappa shape index (κ3) is 4.83. The molecule has 3 nitrogen and oxygen atoms in total. The van der Waals surface area contributed by atoms with Gasteiger partial charge in [0.25, 0.3) is 5.91 Å². The Morgan fingerprint density at radius 1 is 1.69 bits per heavy atom. The van der Waals surface area contributed by atoms with Crippen LogP contribution in [0.5, 0.6) is 0 Å². The highest BCUT2D eigenvalue weighted by atomic mass is 32.1. The lowest BCUT2D eigenvalue weighted by Gasteiger charge is -2.04. The number of hydrogen-bond acceptors (Lipinski definition) is 4. The Balaban J connectivity index is 2.18. The predicted molar refractivity (Wildman–Crippen MR) is 69.5 cm³/mol. The van der Waals surface area contributed by atoms with E-state index in [-0.39, 0.29) is 5.91 Å². The number of thiophene rings is 1. The van der Waals surface area contributed by atoms with Crippen LogP contribution in [0.2, 0.25) is 0 Å². The second-order valence-electron chi connectivity index (χ2n) is 3.43. The molecule has 0 radical (unpaired) electrons. The summed E-state index contributed by atoms with van der Waals surface area (Å²) in [7, 11) is 0. The van der Waals surface area contributed by atoms with E-state index in [2.05, 4.69) is 24.5 Å². The normalized spacial score (nSPS) is 10.1. The molecule has 0 unspecified atom stereocenters. The molecule has 16 heavy (non-hydrogen) atoms. The van der Waals surface area contributed by atoms with Crippen LogP contribution in [-0.4, -0.2) is 25.7 Å². The van der Waals surface area contributed by atoms with E-state index in [9.17, 15) is 4.79 Å². The van der Waals surface area contributed by atoms with Crippen molar-refractivity contribution in [3.63, 3.8) is 0 Å². The third-order valence-corrected chi connectivity index (χ3v) is 3.05. The monoisotopic (exact) mass is 257 g/mol. The van der Waals surface area contributed by atoms with E-state index in [1.165, 1.54) is 11.3 Å². The molecule has 1 amide bonds. The zero-order chi connectivity index (χ0) is 12.0. The van der Waals surface area contributed by atoms with Gasteiger partial charge in [0, 0.05) is 16.8 Å². The van der Waals surface area contributed by atoms with Gasteiger partial charge in [-0.25, -0.2) is 0 Å². The molecule has 0 saturated heterocycles. The van der Waals surface area contributed by atoms with E-state index in [1.807, 2.05) is 12.3 Å². The van der Waals surface area contributed by atoms with Crippen molar-refractivity contribution >= 4 is 29.9 Å². The van der Waals surface area contributed by atoms with E-state index < -0.39 is 0 Å². The molecule has 5 heteroatoms. The molecule has 0 atom stereocenters. The van der Waals surface area contributed by atoms with Gasteiger partial charge in [-0.1, -0.05) is 12.2 Å². The minimum Gasteiger partial charge on any atom is -0.375 e. The fourth-order valence-electron chi connectivity index (χ4n) is 1.02. The number of rotatable bonds is 6. The van der Waals surface area contributed by atoms with Crippen molar-refractivity contribution < 1.29 is 9.53 Å². The maximum absolute atomic E-state index is 11.5. The second kappa shape index (κ2) is 6.73. The van der Waals surface area contributed by atoms with Crippen molar-refractivity contribution in [2.24, 2.45) is 0 Å². The molecule has 0 spiro atoms. The van der Waals surface area contributed by atoms with Crippen LogP contribution >= 0.6 is 24.0 Å². The van der Waals surface area contributed by atoms with Gasteiger partial charge in [-0.15, -0.1) is 24.0 Å². The highest BCUT2D eigenvalue weighted by Gasteiger charge is 2.06. The van der Waals surface area contributed by atoms with Crippen molar-refractivity contribution in [2.45, 2.75) is 11.8 Å². The summed E-state index contributed by atoms with van der Waals surface area (Å²) in [6, 6.07) is 1.75. The highest BCUT2D eigenvalue weighted by molar-refractivity contribution is 7.80. The zero-order valence-electron chi connectivity index (χ0n) is 9.16. The number of carbonyl (C=O) groups is 1. The van der Waals surface area contributed by atoms with Crippen molar-refractivity contribution in [1.29, 1.82) is 0 Å². The van der Waals surface area contributed by atoms with E-state index in [4.69, 9.17) is 4.74 Å². The van der Waals surface area contributed by atoms with Gasteiger partial charge in [0.1, 0.15) is 0 Å². The molecule has 0 aliphatic heterocycles. The van der Waals surface area contributed by atoms with Crippen LogP contribution in [0.15, 0.2) is 28.5 Å². The minimum atomic E-state index is -0.0794. The lowest BCUT2D eigenvalue weighted by atomic mass is 10.4. The summed E-state index contributed by atoms with van der Waals surface area (Å²) in [5, 5.41) is 4.60. The maximum atomic E-state index is 11.5. The molecule has 1 rings (SSSR count). The van der Waals surface area contributed by atoms with Crippen molar-refractivity contribution in [2.75, 3.05) is 19.8 Å². The molecular formula is C11H15NO2S2. The zero-order valence-corrected chi connectivity index (χ0v) is 10.9. The Morgan fingerprint density at radius 2 is 2.44 bits per heavy atom. The van der Waals surface area contributed by atoms with Gasteiger partial charge < -0.3 is 10.1 Å². The Hall–Kier alpha value is -0.780. The fourth-order valence-corrected chi connectivity index (χ4v) is 2.08. The van der Waals surface area contributed by atoms with E-state index in [0.717, 1.165) is 10.5 Å². The first kappa shape index (κ1) is 13.3. The molecule has 0 aliphatic rings. The first-order valence-electron chi connectivity index (χ1n) is 4.87. The lowest BCUT2D eigenvalue weighted by molar-refractivity contribution is 0.0930. The summed E-state index contributed by atoms with van der Waals surface area (Å²) in [6.45, 7) is 7.16. The molecule has 1 heterocycles. The lowest BCUT2D eigenvalue weighted by Crippen LogP contribution is -2.26. The fraction of sp³-hybridized carbons (Fsp3) is 0.364. The summed E-state index contributed by atoms with van der Waals surface area (Å²) in [5.41, 5.74) is 0.976. The summed E-state index contributed by atoms with van der Waals surface area (Å²) < 4.78 is 5.26. The molecule has 0 bridgehead atoms. The number of nitrogens with one attached hydrogen (secondary N) is 1. The Labute approximate surface area is 105 Å². The number of ether oxygens (including phenoxy) is 1. The van der Waals surface area contributed by atoms with Crippen LogP contribution in [-0.2, 0) is 4.74 Å². The summed E-state index contributed by atoms with van der Waals surface area (Å²) in [6.07, 6.45) is 0. The standard InChI is InChI=1S/C11H15NO2S2/c1-8(2)6-14-4-3-12-11(13)10-5-9(15)7-16-10/h5,7,15H,1,3-4,6H2,2H3,(H,12,13). The Kier molecular flexibility index (Phi) is 5.59. The van der Waals surface area contributed by atoms with Crippen LogP contribution in [0.1, 0.15) is 16.6 Å². The van der Waals surface area contributed by atoms with Gasteiger partial charge in [-0.3, -0.25) is 4.79 Å². The molecule has 0 aliphatic carbocycles. The van der Waals surface area contributed by atoms with Crippen LogP contribution in [0, 0.1) is 0 Å². The molecule has 1 aromatic heterocycles. The molecular weight excluding hydrogens is 242 g/mol. The van der Waals surface area contributed by atoms with Crippen LogP contribution in [0.3, 0.4) is 0 Å². The smallest absolute Gasteiger partial charge is 0.261 e. The summed E-state index contributed by atoms with van der Waals surface area (Å²) in [4.78, 5) is 13.0. The second-order valence-corrected chi connectivity index (χ2v) is 4.86. The summed E-state index contributed by atoms with van der Waals surface area (Å²) >= 11 is 5.53. The topological polar surface area (TPSA) is 38.3 Å². The number of amides is 1. The van der Waals surface area contributed by atoms with Crippen LogP contribution in [0.25, 0.3) is 0 Å². The molecule has 0 saturated carbocycles. The number of hydrogen-bond donors (Lipinski definition) is 2. The first-order chi connectivity index (χ1) is 7.59. The van der Waals surface area contributed by atoms with Gasteiger partial charge in [-0.05, 0) is 13.0 Å². The van der Waals surface area contributed by atoms with Gasteiger partial charge in [0.05, 0.1) is 18.1 Å². The Bertz CT molecular complexity index is 374. The predicted octanol–water partition coefficient (Wildman–Crippen LogP) is 2.36.